The number of benzene rings is 2. The Bertz CT molecular complexity index is 999. The summed E-state index contributed by atoms with van der Waals surface area (Å²) in [5.41, 5.74) is -0.359. The standard InChI is InChI=1S/C20H19F3N2O6/c1-10(31-14-7-4-11(20(28)30-3)8-15(14)29-2)19(27)24-9-16(26)25-13-6-5-12(21)17(22)18(13)23/h4-8,10H,9H2,1-3H3,(H,24,27)(H,25,26). The van der Waals surface area contributed by atoms with Gasteiger partial charge in [0.1, 0.15) is 0 Å². The maximum Gasteiger partial charge on any atom is 0.337 e. The lowest BCUT2D eigenvalue weighted by Gasteiger charge is -2.17. The molecular formula is C20H19F3N2O6. The minimum Gasteiger partial charge on any atom is -0.493 e. The number of halogens is 3. The summed E-state index contributed by atoms with van der Waals surface area (Å²) >= 11 is 0. The van der Waals surface area contributed by atoms with E-state index >= 15 is 0 Å². The summed E-state index contributed by atoms with van der Waals surface area (Å²) in [6.07, 6.45) is -1.08. The van der Waals surface area contributed by atoms with Crippen molar-refractivity contribution in [2.75, 3.05) is 26.1 Å². The fraction of sp³-hybridized carbons (Fsp3) is 0.250. The lowest BCUT2D eigenvalue weighted by molar-refractivity contribution is -0.129. The van der Waals surface area contributed by atoms with Crippen molar-refractivity contribution in [3.05, 3.63) is 53.3 Å². The zero-order chi connectivity index (χ0) is 23.1. The van der Waals surface area contributed by atoms with Crippen LogP contribution in [0.25, 0.3) is 0 Å². The molecule has 2 aromatic rings. The average molecular weight is 440 g/mol. The van der Waals surface area contributed by atoms with Gasteiger partial charge in [-0.15, -0.1) is 0 Å². The van der Waals surface area contributed by atoms with Crippen molar-refractivity contribution in [2.24, 2.45) is 0 Å². The molecule has 1 unspecified atom stereocenters. The number of carbonyl (C=O) groups excluding carboxylic acids is 3. The molecule has 0 saturated heterocycles. The SMILES string of the molecule is COC(=O)c1ccc(OC(C)C(=O)NCC(=O)Nc2ccc(F)c(F)c2F)c(OC)c1. The topological polar surface area (TPSA) is 103 Å². The Morgan fingerprint density at radius 2 is 1.71 bits per heavy atom. The molecule has 0 bridgehead atoms. The van der Waals surface area contributed by atoms with Gasteiger partial charge in [0.2, 0.25) is 5.91 Å². The molecule has 2 aromatic carbocycles. The van der Waals surface area contributed by atoms with E-state index < -0.39 is 53.6 Å². The van der Waals surface area contributed by atoms with Crippen molar-refractivity contribution < 1.29 is 41.8 Å². The lowest BCUT2D eigenvalue weighted by atomic mass is 10.2. The molecule has 0 aliphatic rings. The van der Waals surface area contributed by atoms with Gasteiger partial charge in [-0.1, -0.05) is 0 Å². The Morgan fingerprint density at radius 1 is 1.00 bits per heavy atom. The number of hydrogen-bond acceptors (Lipinski definition) is 6. The third-order valence-electron chi connectivity index (χ3n) is 3.99. The van der Waals surface area contributed by atoms with E-state index in [1.807, 2.05) is 5.32 Å². The molecular weight excluding hydrogens is 421 g/mol. The Labute approximate surface area is 175 Å². The molecule has 0 heterocycles. The zero-order valence-electron chi connectivity index (χ0n) is 16.8. The fourth-order valence-electron chi connectivity index (χ4n) is 2.38. The summed E-state index contributed by atoms with van der Waals surface area (Å²) in [4.78, 5) is 35.6. The van der Waals surface area contributed by atoms with Crippen LogP contribution in [0.2, 0.25) is 0 Å². The van der Waals surface area contributed by atoms with Crippen molar-refractivity contribution in [3.8, 4) is 11.5 Å². The molecule has 0 aliphatic heterocycles. The zero-order valence-corrected chi connectivity index (χ0v) is 16.8. The van der Waals surface area contributed by atoms with Crippen LogP contribution in [0.15, 0.2) is 30.3 Å². The van der Waals surface area contributed by atoms with Gasteiger partial charge < -0.3 is 24.8 Å². The Hall–Kier alpha value is -3.76. The van der Waals surface area contributed by atoms with Gasteiger partial charge in [-0.05, 0) is 37.3 Å². The normalized spacial score (nSPS) is 11.3. The number of esters is 1. The van der Waals surface area contributed by atoms with Crippen LogP contribution in [0.3, 0.4) is 0 Å². The van der Waals surface area contributed by atoms with Gasteiger partial charge in [-0.25, -0.2) is 18.0 Å². The third-order valence-corrected chi connectivity index (χ3v) is 3.99. The van der Waals surface area contributed by atoms with Gasteiger partial charge in [-0.3, -0.25) is 9.59 Å². The number of carbonyl (C=O) groups is 3. The van der Waals surface area contributed by atoms with Crippen LogP contribution >= 0.6 is 0 Å². The summed E-state index contributed by atoms with van der Waals surface area (Å²) in [5.74, 6) is -6.50. The number of rotatable bonds is 8. The third kappa shape index (κ3) is 5.87. The lowest BCUT2D eigenvalue weighted by Crippen LogP contribution is -2.40. The van der Waals surface area contributed by atoms with E-state index in [1.54, 1.807) is 0 Å². The van der Waals surface area contributed by atoms with Crippen LogP contribution in [-0.2, 0) is 14.3 Å². The smallest absolute Gasteiger partial charge is 0.337 e. The van der Waals surface area contributed by atoms with E-state index in [0.717, 1.165) is 6.07 Å². The molecule has 0 radical (unpaired) electrons. The largest absolute Gasteiger partial charge is 0.493 e. The van der Waals surface area contributed by atoms with Gasteiger partial charge >= 0.3 is 5.97 Å². The number of anilines is 1. The van der Waals surface area contributed by atoms with Crippen molar-refractivity contribution in [1.29, 1.82) is 0 Å². The minimum atomic E-state index is -1.73. The number of nitrogens with one attached hydrogen (secondary N) is 2. The first-order chi connectivity index (χ1) is 14.7. The highest BCUT2D eigenvalue weighted by Crippen LogP contribution is 2.29. The number of hydrogen-bond donors (Lipinski definition) is 2. The second kappa shape index (κ2) is 10.3. The predicted octanol–water partition coefficient (Wildman–Crippen LogP) is 2.42. The van der Waals surface area contributed by atoms with Crippen LogP contribution in [0, 0.1) is 17.5 Å². The van der Waals surface area contributed by atoms with E-state index in [-0.39, 0.29) is 17.1 Å². The highest BCUT2D eigenvalue weighted by Gasteiger charge is 2.20. The molecule has 2 N–H and O–H groups in total. The summed E-state index contributed by atoms with van der Waals surface area (Å²) in [7, 11) is 2.57. The maximum absolute atomic E-state index is 13.6. The second-order valence-electron chi connectivity index (χ2n) is 6.11. The molecule has 31 heavy (non-hydrogen) atoms. The van der Waals surface area contributed by atoms with Crippen LogP contribution in [0.4, 0.5) is 18.9 Å². The number of ether oxygens (including phenoxy) is 3. The predicted molar refractivity (Wildman–Crippen MR) is 102 cm³/mol. The quantitative estimate of drug-likeness (QED) is 0.483. The second-order valence-corrected chi connectivity index (χ2v) is 6.11. The molecule has 166 valence electrons. The van der Waals surface area contributed by atoms with Gasteiger partial charge in [0, 0.05) is 0 Å². The Kier molecular flexibility index (Phi) is 7.83. The Morgan fingerprint density at radius 3 is 2.35 bits per heavy atom. The fourth-order valence-corrected chi connectivity index (χ4v) is 2.38. The van der Waals surface area contributed by atoms with Crippen molar-refractivity contribution in [2.45, 2.75) is 13.0 Å². The van der Waals surface area contributed by atoms with Crippen molar-refractivity contribution in [3.63, 3.8) is 0 Å². The van der Waals surface area contributed by atoms with Crippen LogP contribution < -0.4 is 20.1 Å². The monoisotopic (exact) mass is 440 g/mol. The van der Waals surface area contributed by atoms with Gasteiger partial charge in [-0.2, -0.15) is 0 Å². The van der Waals surface area contributed by atoms with Gasteiger partial charge in [0.25, 0.3) is 5.91 Å². The van der Waals surface area contributed by atoms with E-state index in [0.29, 0.717) is 6.07 Å². The summed E-state index contributed by atoms with van der Waals surface area (Å²) in [5, 5.41) is 4.29. The highest BCUT2D eigenvalue weighted by molar-refractivity contribution is 5.95. The van der Waals surface area contributed by atoms with E-state index in [4.69, 9.17) is 9.47 Å². The van der Waals surface area contributed by atoms with Crippen molar-refractivity contribution in [1.82, 2.24) is 5.32 Å². The first-order valence-electron chi connectivity index (χ1n) is 8.82. The summed E-state index contributed by atoms with van der Waals surface area (Å²) < 4.78 is 54.9. The van der Waals surface area contributed by atoms with E-state index in [1.165, 1.54) is 39.3 Å². The molecule has 8 nitrogen and oxygen atoms in total. The molecule has 2 rings (SSSR count). The van der Waals surface area contributed by atoms with Gasteiger partial charge in [0.15, 0.2) is 35.1 Å². The summed E-state index contributed by atoms with van der Waals surface area (Å²) in [6.45, 7) is 0.819. The van der Waals surface area contributed by atoms with Gasteiger partial charge in [0.05, 0.1) is 32.0 Å². The molecule has 1 atom stereocenters. The maximum atomic E-state index is 13.6. The molecule has 0 aromatic heterocycles. The molecule has 0 fully saturated rings. The highest BCUT2D eigenvalue weighted by atomic mass is 19.2. The molecule has 0 spiro atoms. The average Bonchev–Trinajstić information content (AvgIpc) is 2.77. The summed E-state index contributed by atoms with van der Waals surface area (Å²) in [6, 6.07) is 5.70. The first-order valence-corrected chi connectivity index (χ1v) is 8.82. The van der Waals surface area contributed by atoms with Crippen LogP contribution in [-0.4, -0.2) is 44.7 Å². The van der Waals surface area contributed by atoms with E-state index in [2.05, 4.69) is 10.1 Å². The molecule has 0 aliphatic carbocycles. The molecule has 11 heteroatoms. The van der Waals surface area contributed by atoms with Crippen LogP contribution in [0.1, 0.15) is 17.3 Å². The number of methoxy groups -OCH3 is 2. The van der Waals surface area contributed by atoms with Crippen LogP contribution in [0.5, 0.6) is 11.5 Å². The minimum absolute atomic E-state index is 0.158. The Balaban J connectivity index is 1.95. The number of amides is 2. The van der Waals surface area contributed by atoms with Crippen molar-refractivity contribution >= 4 is 23.5 Å². The molecule has 0 saturated carbocycles. The first kappa shape index (κ1) is 23.5. The van der Waals surface area contributed by atoms with E-state index in [9.17, 15) is 27.6 Å². The molecule has 2 amide bonds.